The van der Waals surface area contributed by atoms with Crippen LogP contribution in [0.3, 0.4) is 0 Å². The van der Waals surface area contributed by atoms with Crippen molar-refractivity contribution in [2.75, 3.05) is 13.1 Å². The topological polar surface area (TPSA) is 278 Å². The molecule has 9 N–H and O–H groups in total. The van der Waals surface area contributed by atoms with Crippen LogP contribution in [0.15, 0.2) is 0 Å². The summed E-state index contributed by atoms with van der Waals surface area (Å²) in [6.07, 6.45) is 8.88. The van der Waals surface area contributed by atoms with Gasteiger partial charge in [-0.1, -0.05) is 39.0 Å². The summed E-state index contributed by atoms with van der Waals surface area (Å²) in [5.74, 6) is -5.67. The van der Waals surface area contributed by atoms with Crippen LogP contribution in [0.1, 0.15) is 129 Å². The highest BCUT2D eigenvalue weighted by molar-refractivity contribution is 5.86. The van der Waals surface area contributed by atoms with Crippen molar-refractivity contribution in [1.29, 1.82) is 0 Å². The third kappa shape index (κ3) is 25.6. The summed E-state index contributed by atoms with van der Waals surface area (Å²) in [5, 5.41) is 49.0. The first-order valence-electron chi connectivity index (χ1n) is 17.6. The van der Waals surface area contributed by atoms with Crippen LogP contribution in [-0.4, -0.2) is 99.3 Å². The Morgan fingerprint density at radius 3 is 1.26 bits per heavy atom. The molecule has 17 heteroatoms. The van der Waals surface area contributed by atoms with Crippen molar-refractivity contribution in [1.82, 2.24) is 26.6 Å². The van der Waals surface area contributed by atoms with Gasteiger partial charge in [-0.25, -0.2) is 19.2 Å². The molecule has 50 heavy (non-hydrogen) atoms. The molecular weight excluding hydrogens is 658 g/mol. The second-order valence-corrected chi connectivity index (χ2v) is 12.2. The molecule has 0 radical (unpaired) electrons. The summed E-state index contributed by atoms with van der Waals surface area (Å²) in [7, 11) is 0. The van der Waals surface area contributed by atoms with Crippen LogP contribution in [0.25, 0.3) is 0 Å². The molecule has 0 saturated heterocycles. The lowest BCUT2D eigenvalue weighted by Crippen LogP contribution is -2.51. The monoisotopic (exact) mass is 715 g/mol. The molecule has 0 spiro atoms. The van der Waals surface area contributed by atoms with Crippen LogP contribution in [0.5, 0.6) is 0 Å². The fourth-order valence-electron chi connectivity index (χ4n) is 4.88. The van der Waals surface area contributed by atoms with Gasteiger partial charge in [0.05, 0.1) is 0 Å². The maximum Gasteiger partial charge on any atom is 0.326 e. The normalized spacial score (nSPS) is 12.5. The molecule has 0 aromatic rings. The van der Waals surface area contributed by atoms with E-state index in [-0.39, 0.29) is 56.4 Å². The number of hydrogen-bond donors (Lipinski definition) is 9. The quantitative estimate of drug-likeness (QED) is 0.0468. The van der Waals surface area contributed by atoms with E-state index in [1.165, 1.54) is 0 Å². The van der Waals surface area contributed by atoms with Crippen molar-refractivity contribution in [2.45, 2.75) is 147 Å². The molecule has 286 valence electrons. The highest BCUT2D eigenvalue weighted by Gasteiger charge is 2.25. The number of aliphatic carboxylic acids is 4. The number of urea groups is 1. The van der Waals surface area contributed by atoms with Gasteiger partial charge in [-0.2, -0.15) is 0 Å². The van der Waals surface area contributed by atoms with Crippen LogP contribution in [0.2, 0.25) is 0 Å². The maximum atomic E-state index is 12.2. The molecule has 0 saturated carbocycles. The Morgan fingerprint density at radius 1 is 0.440 bits per heavy atom. The minimum absolute atomic E-state index is 0.00103. The molecule has 1 unspecified atom stereocenters. The van der Waals surface area contributed by atoms with E-state index >= 15 is 0 Å². The van der Waals surface area contributed by atoms with E-state index in [0.29, 0.717) is 64.3 Å². The summed E-state index contributed by atoms with van der Waals surface area (Å²) < 4.78 is 0. The van der Waals surface area contributed by atoms with Crippen molar-refractivity contribution in [3.63, 3.8) is 0 Å². The first-order chi connectivity index (χ1) is 23.8. The smallest absolute Gasteiger partial charge is 0.326 e. The predicted octanol–water partition coefficient (Wildman–Crippen LogP) is 2.51. The second kappa shape index (κ2) is 28.4. The zero-order chi connectivity index (χ0) is 37.7. The molecular formula is C33H57N5O12. The number of hydrogen-bond acceptors (Lipinski definition) is 8. The average Bonchev–Trinajstić information content (AvgIpc) is 3.04. The van der Waals surface area contributed by atoms with Gasteiger partial charge in [-0.15, -0.1) is 0 Å². The molecule has 0 heterocycles. The van der Waals surface area contributed by atoms with E-state index in [1.54, 1.807) is 0 Å². The fourth-order valence-corrected chi connectivity index (χ4v) is 4.88. The molecule has 0 aliphatic carbocycles. The summed E-state index contributed by atoms with van der Waals surface area (Å²) in [4.78, 5) is 93.1. The molecule has 0 rings (SSSR count). The Labute approximate surface area is 293 Å². The minimum Gasteiger partial charge on any atom is -0.481 e. The van der Waals surface area contributed by atoms with Crippen LogP contribution >= 0.6 is 0 Å². The van der Waals surface area contributed by atoms with Gasteiger partial charge in [0.15, 0.2) is 0 Å². The standard InChI is InChI=1S/C33H57N5O12/c1-2-3-4-7-16-26(39)34-21-12-10-14-23(30(44)45)36-28(41)18-9-6-5-8-17-27(40)35-22-13-11-15-24(31(46)47)37-33(50)38-25(32(48)49)19-20-29(42)43/h23-25H,2-22H2,1H3,(H,34,39)(H,35,40)(H,36,41)(H,42,43)(H,44,45)(H,46,47)(H,48,49)(H2,37,38,50)/t23?,24-,25-/m0/s1. The third-order valence-corrected chi connectivity index (χ3v) is 7.79. The molecule has 3 atom stereocenters. The zero-order valence-electron chi connectivity index (χ0n) is 29.1. The lowest BCUT2D eigenvalue weighted by molar-refractivity contribution is -0.142. The van der Waals surface area contributed by atoms with Gasteiger partial charge in [0.2, 0.25) is 17.7 Å². The van der Waals surface area contributed by atoms with Gasteiger partial charge in [-0.05, 0) is 64.2 Å². The first-order valence-corrected chi connectivity index (χ1v) is 17.6. The number of carboxylic acid groups (broad SMARTS) is 4. The maximum absolute atomic E-state index is 12.2. The summed E-state index contributed by atoms with van der Waals surface area (Å²) in [6, 6.07) is -4.85. The van der Waals surface area contributed by atoms with E-state index in [4.69, 9.17) is 10.2 Å². The van der Waals surface area contributed by atoms with Gasteiger partial charge in [0, 0.05) is 38.8 Å². The number of nitrogens with one attached hydrogen (secondary N) is 5. The summed E-state index contributed by atoms with van der Waals surface area (Å²) >= 11 is 0. The number of rotatable bonds is 31. The van der Waals surface area contributed by atoms with Crippen LogP contribution in [0, 0.1) is 0 Å². The van der Waals surface area contributed by atoms with Crippen LogP contribution in [0.4, 0.5) is 4.79 Å². The van der Waals surface area contributed by atoms with Crippen molar-refractivity contribution >= 4 is 47.6 Å². The van der Waals surface area contributed by atoms with Crippen LogP contribution in [-0.2, 0) is 33.6 Å². The average molecular weight is 716 g/mol. The Balaban J connectivity index is 4.08. The molecule has 5 amide bonds. The van der Waals surface area contributed by atoms with E-state index in [0.717, 1.165) is 25.7 Å². The number of carboxylic acids is 4. The summed E-state index contributed by atoms with van der Waals surface area (Å²) in [5.41, 5.74) is 0. The van der Waals surface area contributed by atoms with Gasteiger partial charge in [0.25, 0.3) is 0 Å². The van der Waals surface area contributed by atoms with E-state index in [1.807, 2.05) is 0 Å². The van der Waals surface area contributed by atoms with Gasteiger partial charge >= 0.3 is 29.9 Å². The van der Waals surface area contributed by atoms with E-state index in [9.17, 15) is 48.6 Å². The predicted molar refractivity (Wildman–Crippen MR) is 181 cm³/mol. The first kappa shape index (κ1) is 45.6. The Hall–Kier alpha value is -4.44. The Bertz CT molecular complexity index is 1090. The van der Waals surface area contributed by atoms with Gasteiger partial charge in [-0.3, -0.25) is 19.2 Å². The minimum atomic E-state index is -1.50. The van der Waals surface area contributed by atoms with Crippen molar-refractivity contribution in [3.8, 4) is 0 Å². The molecule has 0 aliphatic heterocycles. The number of amides is 5. The van der Waals surface area contributed by atoms with Crippen molar-refractivity contribution in [2.24, 2.45) is 0 Å². The molecule has 17 nitrogen and oxygen atoms in total. The molecule has 0 aromatic heterocycles. The van der Waals surface area contributed by atoms with E-state index < -0.39 is 54.5 Å². The highest BCUT2D eigenvalue weighted by atomic mass is 16.4. The van der Waals surface area contributed by atoms with E-state index in [2.05, 4.69) is 33.5 Å². The zero-order valence-corrected chi connectivity index (χ0v) is 29.1. The van der Waals surface area contributed by atoms with Crippen LogP contribution < -0.4 is 26.6 Å². The number of carbonyl (C=O) groups excluding carboxylic acids is 4. The molecule has 0 aromatic carbocycles. The SMILES string of the molecule is CCCCCCC(=O)NCCCCC(NC(=O)CCCCCCC(=O)NCCCC[C@H](NC(=O)N[C@@H](CCC(=O)O)C(=O)O)C(=O)O)C(=O)O. The molecule has 0 bridgehead atoms. The lowest BCUT2D eigenvalue weighted by Gasteiger charge is -2.18. The fraction of sp³-hybridized carbons (Fsp3) is 0.758. The molecule has 0 fully saturated rings. The number of unbranched alkanes of at least 4 members (excludes halogenated alkanes) is 8. The summed E-state index contributed by atoms with van der Waals surface area (Å²) in [6.45, 7) is 2.86. The van der Waals surface area contributed by atoms with Crippen molar-refractivity contribution < 1.29 is 58.8 Å². The van der Waals surface area contributed by atoms with Crippen molar-refractivity contribution in [3.05, 3.63) is 0 Å². The Kier molecular flexibility index (Phi) is 25.9. The Morgan fingerprint density at radius 2 is 0.840 bits per heavy atom. The molecule has 0 aliphatic rings. The number of carbonyl (C=O) groups is 8. The largest absolute Gasteiger partial charge is 0.481 e. The second-order valence-electron chi connectivity index (χ2n) is 12.2. The lowest BCUT2D eigenvalue weighted by atomic mass is 10.1. The van der Waals surface area contributed by atoms with Gasteiger partial charge < -0.3 is 47.0 Å². The highest BCUT2D eigenvalue weighted by Crippen LogP contribution is 2.08. The third-order valence-electron chi connectivity index (χ3n) is 7.79. The van der Waals surface area contributed by atoms with Gasteiger partial charge in [0.1, 0.15) is 18.1 Å².